The molecule has 4 nitrogen and oxygen atoms in total. The Hall–Kier alpha value is -1.76. The van der Waals surface area contributed by atoms with Crippen LogP contribution in [0.15, 0.2) is 23.8 Å². The van der Waals surface area contributed by atoms with Crippen LogP contribution in [-0.2, 0) is 4.74 Å². The van der Waals surface area contributed by atoms with Crippen LogP contribution in [0.5, 0.6) is 0 Å². The van der Waals surface area contributed by atoms with Crippen molar-refractivity contribution in [3.8, 4) is 6.07 Å². The number of nitriles is 1. The van der Waals surface area contributed by atoms with Gasteiger partial charge in [-0.1, -0.05) is 30.7 Å². The largest absolute Gasteiger partial charge is 0.447 e. The van der Waals surface area contributed by atoms with Gasteiger partial charge in [-0.15, -0.1) is 0 Å². The van der Waals surface area contributed by atoms with Gasteiger partial charge in [-0.2, -0.15) is 5.26 Å². The summed E-state index contributed by atoms with van der Waals surface area (Å²) in [5.41, 5.74) is 1.19. The van der Waals surface area contributed by atoms with Crippen LogP contribution in [0.4, 0.5) is 4.79 Å². The second-order valence-electron chi connectivity index (χ2n) is 4.80. The average Bonchev–Trinajstić information content (AvgIpc) is 2.28. The van der Waals surface area contributed by atoms with Crippen molar-refractivity contribution in [3.63, 3.8) is 0 Å². The smallest absolute Gasteiger partial charge is 0.407 e. The Morgan fingerprint density at radius 2 is 2.33 bits per heavy atom. The maximum absolute atomic E-state index is 11.5. The van der Waals surface area contributed by atoms with Crippen molar-refractivity contribution in [1.82, 2.24) is 5.32 Å². The maximum Gasteiger partial charge on any atom is 0.407 e. The molecule has 0 fully saturated rings. The summed E-state index contributed by atoms with van der Waals surface area (Å²) in [7, 11) is 0. The van der Waals surface area contributed by atoms with E-state index in [2.05, 4.69) is 11.4 Å². The first kappa shape index (κ1) is 14.3. The van der Waals surface area contributed by atoms with Crippen molar-refractivity contribution < 1.29 is 9.53 Å². The molecule has 0 aromatic heterocycles. The van der Waals surface area contributed by atoms with Crippen LogP contribution >= 0.6 is 0 Å². The number of nitrogens with zero attached hydrogens (tertiary/aromatic N) is 1. The first-order valence-electron chi connectivity index (χ1n) is 6.24. The van der Waals surface area contributed by atoms with Gasteiger partial charge in [0.15, 0.2) is 0 Å². The number of hydrogen-bond donors (Lipinski definition) is 1. The predicted octanol–water partition coefficient (Wildman–Crippen LogP) is 2.93. The van der Waals surface area contributed by atoms with E-state index in [0.29, 0.717) is 6.42 Å². The fourth-order valence-electron chi connectivity index (χ4n) is 1.84. The van der Waals surface area contributed by atoms with Crippen LogP contribution in [0.2, 0.25) is 0 Å². The second kappa shape index (κ2) is 6.85. The van der Waals surface area contributed by atoms with E-state index in [4.69, 9.17) is 10.00 Å². The number of rotatable bonds is 4. The van der Waals surface area contributed by atoms with Gasteiger partial charge in [0.25, 0.3) is 0 Å². The van der Waals surface area contributed by atoms with E-state index in [1.165, 1.54) is 5.57 Å². The van der Waals surface area contributed by atoms with Crippen molar-refractivity contribution in [2.45, 2.75) is 45.8 Å². The summed E-state index contributed by atoms with van der Waals surface area (Å²) in [5.74, 6) is 0.227. The van der Waals surface area contributed by atoms with Crippen LogP contribution < -0.4 is 5.32 Å². The fraction of sp³-hybridized carbons (Fsp3) is 0.571. The van der Waals surface area contributed by atoms with E-state index >= 15 is 0 Å². The molecule has 1 aliphatic rings. The van der Waals surface area contributed by atoms with Gasteiger partial charge in [-0.25, -0.2) is 4.79 Å². The van der Waals surface area contributed by atoms with E-state index in [0.717, 1.165) is 6.42 Å². The first-order chi connectivity index (χ1) is 8.52. The van der Waals surface area contributed by atoms with Crippen LogP contribution in [0.1, 0.15) is 33.6 Å². The van der Waals surface area contributed by atoms with Crippen molar-refractivity contribution in [2.75, 3.05) is 0 Å². The van der Waals surface area contributed by atoms with Crippen LogP contribution in [0, 0.1) is 17.2 Å². The van der Waals surface area contributed by atoms with Gasteiger partial charge in [-0.3, -0.25) is 0 Å². The average molecular weight is 248 g/mol. The van der Waals surface area contributed by atoms with Crippen molar-refractivity contribution in [1.29, 1.82) is 5.26 Å². The van der Waals surface area contributed by atoms with E-state index in [9.17, 15) is 4.79 Å². The zero-order valence-electron chi connectivity index (χ0n) is 11.1. The first-order valence-corrected chi connectivity index (χ1v) is 6.24. The third-order valence-corrected chi connectivity index (χ3v) is 2.79. The number of allylic oxidation sites excluding steroid dienone is 2. The molecule has 2 atom stereocenters. The number of hydrogen-bond acceptors (Lipinski definition) is 3. The molecule has 0 aromatic carbocycles. The number of amides is 1. The summed E-state index contributed by atoms with van der Waals surface area (Å²) in [5, 5.41) is 11.5. The Morgan fingerprint density at radius 1 is 1.61 bits per heavy atom. The molecule has 0 saturated carbocycles. The highest BCUT2D eigenvalue weighted by atomic mass is 16.6. The van der Waals surface area contributed by atoms with Gasteiger partial charge in [-0.05, 0) is 26.2 Å². The Bertz CT molecular complexity index is 391. The van der Waals surface area contributed by atoms with Gasteiger partial charge in [0.2, 0.25) is 0 Å². The predicted molar refractivity (Wildman–Crippen MR) is 69.8 cm³/mol. The van der Waals surface area contributed by atoms with Crippen LogP contribution in [0.25, 0.3) is 0 Å². The lowest BCUT2D eigenvalue weighted by Gasteiger charge is -2.22. The molecule has 0 aromatic rings. The Balaban J connectivity index is 2.49. The molecule has 0 spiro atoms. The lowest BCUT2D eigenvalue weighted by molar-refractivity contribution is 0.113. The highest BCUT2D eigenvalue weighted by molar-refractivity contribution is 5.68. The minimum atomic E-state index is -0.395. The molecule has 1 rings (SSSR count). The maximum atomic E-state index is 11.5. The van der Waals surface area contributed by atoms with Gasteiger partial charge in [0, 0.05) is 6.42 Å². The summed E-state index contributed by atoms with van der Waals surface area (Å²) >= 11 is 0. The normalized spacial score (nSPS) is 19.9. The summed E-state index contributed by atoms with van der Waals surface area (Å²) in [6.45, 7) is 5.66. The summed E-state index contributed by atoms with van der Waals surface area (Å²) in [4.78, 5) is 11.5. The zero-order valence-corrected chi connectivity index (χ0v) is 11.1. The number of carbonyl (C=O) groups excluding carboxylic acids is 1. The summed E-state index contributed by atoms with van der Waals surface area (Å²) < 4.78 is 5.04. The molecule has 98 valence electrons. The minimum Gasteiger partial charge on any atom is -0.447 e. The SMILES string of the molecule is CC(C)OC(=O)NC1C=CC=C(C(C)CC#N)C1. The molecule has 0 aliphatic heterocycles. The molecule has 0 heterocycles. The lowest BCUT2D eigenvalue weighted by Crippen LogP contribution is -2.36. The quantitative estimate of drug-likeness (QED) is 0.832. The Kier molecular flexibility index (Phi) is 5.44. The molecule has 0 saturated heterocycles. The highest BCUT2D eigenvalue weighted by Gasteiger charge is 2.18. The summed E-state index contributed by atoms with van der Waals surface area (Å²) in [6.07, 6.45) is 6.61. The minimum absolute atomic E-state index is 0.0441. The summed E-state index contributed by atoms with van der Waals surface area (Å²) in [6, 6.07) is 2.13. The van der Waals surface area contributed by atoms with Gasteiger partial charge in [0.05, 0.1) is 18.2 Å². The van der Waals surface area contributed by atoms with Gasteiger partial charge < -0.3 is 10.1 Å². The zero-order chi connectivity index (χ0) is 13.5. The molecular weight excluding hydrogens is 228 g/mol. The van der Waals surface area contributed by atoms with Crippen molar-refractivity contribution in [2.24, 2.45) is 5.92 Å². The van der Waals surface area contributed by atoms with Crippen molar-refractivity contribution in [3.05, 3.63) is 23.8 Å². The third-order valence-electron chi connectivity index (χ3n) is 2.79. The fourth-order valence-corrected chi connectivity index (χ4v) is 1.84. The van der Waals surface area contributed by atoms with Crippen LogP contribution in [-0.4, -0.2) is 18.2 Å². The molecule has 0 radical (unpaired) electrons. The molecule has 1 amide bonds. The van der Waals surface area contributed by atoms with Gasteiger partial charge >= 0.3 is 6.09 Å². The number of alkyl carbamates (subject to hydrolysis) is 1. The molecule has 18 heavy (non-hydrogen) atoms. The standard InChI is InChI=1S/C14H20N2O2/c1-10(2)18-14(17)16-13-6-4-5-12(9-13)11(3)7-8-15/h4-6,10-11,13H,7,9H2,1-3H3,(H,16,17). The topological polar surface area (TPSA) is 62.1 Å². The Labute approximate surface area is 108 Å². The molecule has 4 heteroatoms. The molecule has 1 N–H and O–H groups in total. The second-order valence-corrected chi connectivity index (χ2v) is 4.80. The van der Waals surface area contributed by atoms with E-state index < -0.39 is 6.09 Å². The molecule has 2 unspecified atom stereocenters. The number of carbonyl (C=O) groups is 1. The lowest BCUT2D eigenvalue weighted by atomic mass is 9.89. The highest BCUT2D eigenvalue weighted by Crippen LogP contribution is 2.23. The monoisotopic (exact) mass is 248 g/mol. The Morgan fingerprint density at radius 3 is 2.94 bits per heavy atom. The molecule has 1 aliphatic carbocycles. The number of nitrogens with one attached hydrogen (secondary N) is 1. The third kappa shape index (κ3) is 4.62. The molecular formula is C14H20N2O2. The van der Waals surface area contributed by atoms with E-state index in [-0.39, 0.29) is 18.1 Å². The van der Waals surface area contributed by atoms with Crippen molar-refractivity contribution >= 4 is 6.09 Å². The van der Waals surface area contributed by atoms with E-state index in [1.807, 2.05) is 39.0 Å². The van der Waals surface area contributed by atoms with Crippen LogP contribution in [0.3, 0.4) is 0 Å². The number of ether oxygens (including phenoxy) is 1. The molecule has 0 bridgehead atoms. The van der Waals surface area contributed by atoms with Gasteiger partial charge in [0.1, 0.15) is 0 Å². The van der Waals surface area contributed by atoms with E-state index in [1.54, 1.807) is 0 Å².